The predicted octanol–water partition coefficient (Wildman–Crippen LogP) is -0.553. The fourth-order valence-electron chi connectivity index (χ4n) is 1.96. The number of hydrogen-bond donors (Lipinski definition) is 4. The molecule has 0 unspecified atom stereocenters. The first-order valence-corrected chi connectivity index (χ1v) is 6.73. The van der Waals surface area contributed by atoms with E-state index in [0.29, 0.717) is 15.8 Å². The summed E-state index contributed by atoms with van der Waals surface area (Å²) in [6.45, 7) is 1.71. The highest BCUT2D eigenvalue weighted by atomic mass is 19.1. The Morgan fingerprint density at radius 1 is 1.42 bits per heavy atom. The Morgan fingerprint density at radius 2 is 2.12 bits per heavy atom. The van der Waals surface area contributed by atoms with Crippen molar-refractivity contribution in [1.29, 1.82) is 0 Å². The van der Waals surface area contributed by atoms with Gasteiger partial charge in [0.2, 0.25) is 0 Å². The molecule has 0 saturated carbocycles. The van der Waals surface area contributed by atoms with Crippen molar-refractivity contribution in [3.8, 4) is 0 Å². The van der Waals surface area contributed by atoms with Crippen LogP contribution in [0.3, 0.4) is 0 Å². The Bertz CT molecular complexity index is 877. The maximum atomic E-state index is 13.2. The number of carboxylic acid groups (broad SMARTS) is 1. The number of amides is 1. The van der Waals surface area contributed by atoms with E-state index in [-0.39, 0.29) is 23.7 Å². The molecule has 1 amide bonds. The van der Waals surface area contributed by atoms with Crippen LogP contribution in [-0.2, 0) is 6.54 Å². The first-order valence-electron chi connectivity index (χ1n) is 6.73. The molecule has 0 saturated heterocycles. The number of rotatable bonds is 4. The summed E-state index contributed by atoms with van der Waals surface area (Å²) in [6.07, 6.45) is 0. The van der Waals surface area contributed by atoms with Crippen molar-refractivity contribution < 1.29 is 19.1 Å². The van der Waals surface area contributed by atoms with Gasteiger partial charge in [-0.15, -0.1) is 5.10 Å². The lowest BCUT2D eigenvalue weighted by Gasteiger charge is -2.09. The summed E-state index contributed by atoms with van der Waals surface area (Å²) in [6, 6.07) is 5.41. The zero-order chi connectivity index (χ0) is 17.9. The van der Waals surface area contributed by atoms with Crippen LogP contribution in [0.4, 0.5) is 4.39 Å². The van der Waals surface area contributed by atoms with E-state index in [0.717, 1.165) is 6.07 Å². The first-order chi connectivity index (χ1) is 11.3. The molecule has 0 aliphatic carbocycles. The molecule has 10 heteroatoms. The topological polar surface area (TPSA) is 149 Å². The van der Waals surface area contributed by atoms with Gasteiger partial charge in [0.05, 0.1) is 0 Å². The van der Waals surface area contributed by atoms with Crippen LogP contribution in [0.25, 0.3) is 0 Å². The Kier molecular flexibility index (Phi) is 4.78. The Balaban J connectivity index is 2.25. The number of nitrogens with zero attached hydrogens (tertiary/aromatic N) is 3. The zero-order valence-corrected chi connectivity index (χ0v) is 12.7. The average molecular weight is 334 g/mol. The lowest BCUT2D eigenvalue weighted by molar-refractivity contribution is 0.0685. The second kappa shape index (κ2) is 6.77. The van der Waals surface area contributed by atoms with E-state index in [1.165, 1.54) is 12.1 Å². The summed E-state index contributed by atoms with van der Waals surface area (Å²) in [5.41, 5.74) is 0.183. The molecule has 2 rings (SSSR count). The van der Waals surface area contributed by atoms with Gasteiger partial charge < -0.3 is 22.1 Å². The van der Waals surface area contributed by atoms with E-state index < -0.39 is 17.6 Å². The van der Waals surface area contributed by atoms with Crippen molar-refractivity contribution in [3.63, 3.8) is 0 Å². The second-order valence-electron chi connectivity index (χ2n) is 4.90. The number of nitrogen functional groups attached to an aromatic ring is 1. The Hall–Kier alpha value is -3.43. The average Bonchev–Trinajstić information content (AvgIpc) is 2.55. The molecule has 2 aromatic rings. The molecule has 1 heterocycles. The van der Waals surface area contributed by atoms with Crippen molar-refractivity contribution in [2.45, 2.75) is 13.5 Å². The highest BCUT2D eigenvalue weighted by Crippen LogP contribution is 2.09. The minimum Gasteiger partial charge on any atom is -0.477 e. The second-order valence-corrected chi connectivity index (χ2v) is 4.90. The number of benzene rings is 1. The van der Waals surface area contributed by atoms with Crippen LogP contribution in [0.15, 0.2) is 29.4 Å². The molecule has 0 bridgehead atoms. The highest BCUT2D eigenvalue weighted by molar-refractivity contribution is 5.95. The van der Waals surface area contributed by atoms with Crippen LogP contribution < -0.4 is 22.6 Å². The summed E-state index contributed by atoms with van der Waals surface area (Å²) in [7, 11) is 0. The molecule has 0 fully saturated rings. The lowest BCUT2D eigenvalue weighted by Crippen LogP contribution is -2.38. The smallest absolute Gasteiger partial charge is 0.354 e. The maximum Gasteiger partial charge on any atom is 0.354 e. The van der Waals surface area contributed by atoms with Gasteiger partial charge in [0.25, 0.3) is 11.5 Å². The number of aromatic nitrogens is 2. The van der Waals surface area contributed by atoms with Gasteiger partial charge in [-0.1, -0.05) is 12.1 Å². The molecule has 0 atom stereocenters. The van der Waals surface area contributed by atoms with Crippen LogP contribution in [0.5, 0.6) is 0 Å². The summed E-state index contributed by atoms with van der Waals surface area (Å²) >= 11 is 0. The number of hydrogen-bond acceptors (Lipinski definition) is 6. The van der Waals surface area contributed by atoms with E-state index in [4.69, 9.17) is 16.8 Å². The summed E-state index contributed by atoms with van der Waals surface area (Å²) in [5, 5.41) is 14.9. The van der Waals surface area contributed by atoms with E-state index in [9.17, 15) is 14.0 Å². The summed E-state index contributed by atoms with van der Waals surface area (Å²) in [4.78, 5) is 27.1. The highest BCUT2D eigenvalue weighted by Gasteiger charge is 2.16. The number of carboxylic acids is 1. The van der Waals surface area contributed by atoms with E-state index in [2.05, 4.69) is 15.4 Å². The van der Waals surface area contributed by atoms with Gasteiger partial charge in [-0.05, 0) is 24.1 Å². The molecule has 6 N–H and O–H groups in total. The first kappa shape index (κ1) is 16.9. The van der Waals surface area contributed by atoms with Crippen molar-refractivity contribution in [2.24, 2.45) is 10.9 Å². The number of carbonyl (C=O) groups is 2. The van der Waals surface area contributed by atoms with Crippen LogP contribution in [0.1, 0.15) is 32.1 Å². The van der Waals surface area contributed by atoms with E-state index >= 15 is 0 Å². The molecule has 0 aliphatic rings. The van der Waals surface area contributed by atoms with Gasteiger partial charge in [0, 0.05) is 12.6 Å². The molecule has 24 heavy (non-hydrogen) atoms. The monoisotopic (exact) mass is 334 g/mol. The van der Waals surface area contributed by atoms with Gasteiger partial charge in [-0.2, -0.15) is 0 Å². The van der Waals surface area contributed by atoms with Crippen LogP contribution in [0.2, 0.25) is 0 Å². The van der Waals surface area contributed by atoms with Gasteiger partial charge in [0.1, 0.15) is 11.5 Å². The molecule has 0 radical (unpaired) electrons. The fourth-order valence-corrected chi connectivity index (χ4v) is 1.96. The molecule has 1 aromatic heterocycles. The van der Waals surface area contributed by atoms with Gasteiger partial charge in [0.15, 0.2) is 5.69 Å². The SMILES string of the molecule is Cc1cc(CNC(=O)c2cc(C(=O)O)n(N)/c(=N\N)n2)ccc1F. The predicted molar refractivity (Wildman–Crippen MR) is 81.4 cm³/mol. The lowest BCUT2D eigenvalue weighted by atomic mass is 10.1. The van der Waals surface area contributed by atoms with Crippen molar-refractivity contribution in [2.75, 3.05) is 5.84 Å². The summed E-state index contributed by atoms with van der Waals surface area (Å²) in [5.74, 6) is 8.22. The third-order valence-corrected chi connectivity index (χ3v) is 3.21. The third-order valence-electron chi connectivity index (χ3n) is 3.21. The number of aryl methyl sites for hydroxylation is 1. The van der Waals surface area contributed by atoms with Crippen molar-refractivity contribution in [1.82, 2.24) is 15.0 Å². The van der Waals surface area contributed by atoms with Crippen LogP contribution in [-0.4, -0.2) is 26.6 Å². The molecular weight excluding hydrogens is 319 g/mol. The summed E-state index contributed by atoms with van der Waals surface area (Å²) < 4.78 is 13.9. The molecule has 126 valence electrons. The maximum absolute atomic E-state index is 13.2. The minimum absolute atomic E-state index is 0.108. The number of carbonyl (C=O) groups excluding carboxylic acids is 1. The number of halogens is 1. The standard InChI is InChI=1S/C14H15FN6O3/c1-7-4-8(2-3-9(7)15)6-18-12(22)10-5-11(13(23)24)21(17)14(19-10)20-16/h2-5H,6,16-17H2,1H3,(H,18,22)(H,23,24)/b20-14-. The van der Waals surface area contributed by atoms with E-state index in [1.54, 1.807) is 13.0 Å². The Morgan fingerprint density at radius 3 is 2.71 bits per heavy atom. The minimum atomic E-state index is -1.37. The van der Waals surface area contributed by atoms with Crippen molar-refractivity contribution >= 4 is 11.9 Å². The molecule has 0 aliphatic heterocycles. The Labute approximate surface area is 135 Å². The normalized spacial score (nSPS) is 11.3. The van der Waals surface area contributed by atoms with Crippen LogP contribution in [0, 0.1) is 12.7 Å². The van der Waals surface area contributed by atoms with Gasteiger partial charge in [-0.25, -0.2) is 18.8 Å². The fraction of sp³-hybridized carbons (Fsp3) is 0.143. The number of nitrogens with two attached hydrogens (primary N) is 2. The largest absolute Gasteiger partial charge is 0.477 e. The molecule has 9 nitrogen and oxygen atoms in total. The quantitative estimate of drug-likeness (QED) is 0.435. The van der Waals surface area contributed by atoms with Gasteiger partial charge in [-0.3, -0.25) is 4.79 Å². The molecule has 0 spiro atoms. The number of aromatic carboxylic acids is 1. The van der Waals surface area contributed by atoms with Gasteiger partial charge >= 0.3 is 5.97 Å². The zero-order valence-electron chi connectivity index (χ0n) is 12.7. The molecular formula is C14H15FN6O3. The number of nitrogens with one attached hydrogen (secondary N) is 1. The van der Waals surface area contributed by atoms with Crippen LogP contribution >= 0.6 is 0 Å². The van der Waals surface area contributed by atoms with E-state index in [1.807, 2.05) is 0 Å². The third kappa shape index (κ3) is 3.48. The van der Waals surface area contributed by atoms with Crippen molar-refractivity contribution in [3.05, 3.63) is 58.2 Å². The molecule has 1 aromatic carbocycles.